The van der Waals surface area contributed by atoms with Crippen molar-refractivity contribution < 1.29 is 5.11 Å². The van der Waals surface area contributed by atoms with Crippen LogP contribution in [-0.2, 0) is 12.8 Å². The summed E-state index contributed by atoms with van der Waals surface area (Å²) in [5.74, 6) is 1.06. The van der Waals surface area contributed by atoms with E-state index in [-0.39, 0.29) is 0 Å². The van der Waals surface area contributed by atoms with E-state index in [9.17, 15) is 5.11 Å². The van der Waals surface area contributed by atoms with Gasteiger partial charge >= 0.3 is 0 Å². The first-order valence-corrected chi connectivity index (χ1v) is 6.46. The van der Waals surface area contributed by atoms with Crippen molar-refractivity contribution in [1.82, 2.24) is 9.97 Å². The standard InChI is InChI=1S/C13H19N3O/c1-13(17)6-3-7-16(8-13)12-10-4-2-5-11(10)14-9-15-12/h9,17H,2-8H2,1H3. The summed E-state index contributed by atoms with van der Waals surface area (Å²) in [4.78, 5) is 11.0. The van der Waals surface area contributed by atoms with E-state index < -0.39 is 5.60 Å². The third-order valence-corrected chi connectivity index (χ3v) is 3.83. The van der Waals surface area contributed by atoms with Crippen molar-refractivity contribution in [3.05, 3.63) is 17.6 Å². The molecule has 4 heteroatoms. The van der Waals surface area contributed by atoms with Gasteiger partial charge in [-0.3, -0.25) is 0 Å². The average molecular weight is 233 g/mol. The molecular formula is C13H19N3O. The van der Waals surface area contributed by atoms with Gasteiger partial charge in [0.25, 0.3) is 0 Å². The summed E-state index contributed by atoms with van der Waals surface area (Å²) < 4.78 is 0. The molecule has 0 amide bonds. The minimum absolute atomic E-state index is 0.575. The van der Waals surface area contributed by atoms with Crippen LogP contribution in [0.5, 0.6) is 0 Å². The lowest BCUT2D eigenvalue weighted by Crippen LogP contribution is -2.46. The number of hydrogen-bond acceptors (Lipinski definition) is 4. The van der Waals surface area contributed by atoms with E-state index >= 15 is 0 Å². The number of rotatable bonds is 1. The molecule has 3 rings (SSSR count). The Hall–Kier alpha value is -1.16. The fourth-order valence-corrected chi connectivity index (χ4v) is 3.02. The SMILES string of the molecule is CC1(O)CCCN(c2ncnc3c2CCC3)C1. The van der Waals surface area contributed by atoms with Gasteiger partial charge in [-0.2, -0.15) is 0 Å². The van der Waals surface area contributed by atoms with Crippen molar-refractivity contribution in [2.75, 3.05) is 18.0 Å². The Morgan fingerprint density at radius 2 is 2.18 bits per heavy atom. The van der Waals surface area contributed by atoms with Crippen molar-refractivity contribution in [2.24, 2.45) is 0 Å². The topological polar surface area (TPSA) is 49.2 Å². The van der Waals surface area contributed by atoms with Gasteiger partial charge in [0.15, 0.2) is 0 Å². The molecule has 0 spiro atoms. The fourth-order valence-electron chi connectivity index (χ4n) is 3.02. The Kier molecular flexibility index (Phi) is 2.54. The summed E-state index contributed by atoms with van der Waals surface area (Å²) >= 11 is 0. The van der Waals surface area contributed by atoms with Crippen molar-refractivity contribution >= 4 is 5.82 Å². The number of aliphatic hydroxyl groups is 1. The van der Waals surface area contributed by atoms with Crippen LogP contribution in [0, 0.1) is 0 Å². The quantitative estimate of drug-likeness (QED) is 0.794. The maximum absolute atomic E-state index is 10.2. The van der Waals surface area contributed by atoms with E-state index in [1.807, 2.05) is 6.92 Å². The van der Waals surface area contributed by atoms with Crippen molar-refractivity contribution in [3.63, 3.8) is 0 Å². The van der Waals surface area contributed by atoms with Crippen molar-refractivity contribution in [1.29, 1.82) is 0 Å². The lowest BCUT2D eigenvalue weighted by atomic mass is 9.95. The molecule has 1 aromatic rings. The number of piperidine rings is 1. The van der Waals surface area contributed by atoms with Crippen LogP contribution < -0.4 is 4.90 Å². The minimum Gasteiger partial charge on any atom is -0.388 e. The first kappa shape index (κ1) is 11.0. The number of nitrogens with zero attached hydrogens (tertiary/aromatic N) is 3. The second kappa shape index (κ2) is 3.95. The maximum Gasteiger partial charge on any atom is 0.135 e. The second-order valence-corrected chi connectivity index (χ2v) is 5.50. The van der Waals surface area contributed by atoms with E-state index in [1.54, 1.807) is 6.33 Å². The molecule has 0 saturated carbocycles. The normalized spacial score (nSPS) is 28.2. The van der Waals surface area contributed by atoms with Gasteiger partial charge in [0.2, 0.25) is 0 Å². The zero-order chi connectivity index (χ0) is 11.9. The predicted octanol–water partition coefficient (Wildman–Crippen LogP) is 1.32. The molecule has 1 unspecified atom stereocenters. The van der Waals surface area contributed by atoms with Crippen molar-refractivity contribution in [3.8, 4) is 0 Å². The summed E-state index contributed by atoms with van der Waals surface area (Å²) in [7, 11) is 0. The van der Waals surface area contributed by atoms with Gasteiger partial charge in [0, 0.05) is 24.3 Å². The third-order valence-electron chi connectivity index (χ3n) is 3.83. The zero-order valence-corrected chi connectivity index (χ0v) is 10.3. The molecule has 1 fully saturated rings. The Bertz CT molecular complexity index is 431. The van der Waals surface area contributed by atoms with Gasteiger partial charge in [0.05, 0.1) is 5.60 Å². The van der Waals surface area contributed by atoms with Crippen LogP contribution in [0.3, 0.4) is 0 Å². The molecule has 2 heterocycles. The summed E-state index contributed by atoms with van der Waals surface area (Å²) in [5, 5.41) is 10.2. The van der Waals surface area contributed by atoms with Crippen LogP contribution in [0.4, 0.5) is 5.82 Å². The number of fused-ring (bicyclic) bond motifs is 1. The molecule has 1 aromatic heterocycles. The molecular weight excluding hydrogens is 214 g/mol. The number of aryl methyl sites for hydroxylation is 1. The predicted molar refractivity (Wildman–Crippen MR) is 66.1 cm³/mol. The Balaban J connectivity index is 1.92. The smallest absolute Gasteiger partial charge is 0.135 e. The highest BCUT2D eigenvalue weighted by atomic mass is 16.3. The molecule has 2 aliphatic rings. The Morgan fingerprint density at radius 1 is 1.29 bits per heavy atom. The van der Waals surface area contributed by atoms with E-state index in [0.29, 0.717) is 6.54 Å². The lowest BCUT2D eigenvalue weighted by Gasteiger charge is -2.38. The highest BCUT2D eigenvalue weighted by Crippen LogP contribution is 2.31. The first-order valence-electron chi connectivity index (χ1n) is 6.46. The second-order valence-electron chi connectivity index (χ2n) is 5.50. The number of anilines is 1. The number of β-amino-alcohol motifs (C(OH)–C–C–N with tert-alkyl or cyclic N) is 1. The van der Waals surface area contributed by atoms with Gasteiger partial charge in [0.1, 0.15) is 12.1 Å². The van der Waals surface area contributed by atoms with Crippen molar-refractivity contribution in [2.45, 2.75) is 44.6 Å². The maximum atomic E-state index is 10.2. The van der Waals surface area contributed by atoms with E-state index in [4.69, 9.17) is 0 Å². The molecule has 92 valence electrons. The number of aromatic nitrogens is 2. The molecule has 1 aliphatic carbocycles. The molecule has 0 radical (unpaired) electrons. The van der Waals surface area contributed by atoms with E-state index in [0.717, 1.165) is 38.0 Å². The summed E-state index contributed by atoms with van der Waals surface area (Å²) in [5.41, 5.74) is 1.94. The van der Waals surface area contributed by atoms with Gasteiger partial charge in [-0.25, -0.2) is 9.97 Å². The summed E-state index contributed by atoms with van der Waals surface area (Å²) in [6.07, 6.45) is 6.94. The highest BCUT2D eigenvalue weighted by molar-refractivity contribution is 5.51. The number of hydrogen-bond donors (Lipinski definition) is 1. The monoisotopic (exact) mass is 233 g/mol. The first-order chi connectivity index (χ1) is 8.16. The average Bonchev–Trinajstić information content (AvgIpc) is 2.75. The summed E-state index contributed by atoms with van der Waals surface area (Å²) in [6.45, 7) is 3.61. The van der Waals surface area contributed by atoms with E-state index in [2.05, 4.69) is 14.9 Å². The van der Waals surface area contributed by atoms with Gasteiger partial charge < -0.3 is 10.0 Å². The van der Waals surface area contributed by atoms with Gasteiger partial charge in [-0.15, -0.1) is 0 Å². The van der Waals surface area contributed by atoms with Gasteiger partial charge in [-0.1, -0.05) is 0 Å². The molecule has 1 saturated heterocycles. The Labute approximate surface area is 102 Å². The molecule has 1 atom stereocenters. The van der Waals surface area contributed by atoms with Crippen LogP contribution in [-0.4, -0.2) is 33.8 Å². The zero-order valence-electron chi connectivity index (χ0n) is 10.3. The Morgan fingerprint density at radius 3 is 3.00 bits per heavy atom. The summed E-state index contributed by atoms with van der Waals surface area (Å²) in [6, 6.07) is 0. The van der Waals surface area contributed by atoms with E-state index in [1.165, 1.54) is 17.7 Å². The molecule has 17 heavy (non-hydrogen) atoms. The lowest BCUT2D eigenvalue weighted by molar-refractivity contribution is 0.0446. The fraction of sp³-hybridized carbons (Fsp3) is 0.692. The molecule has 0 aromatic carbocycles. The minimum atomic E-state index is -0.575. The van der Waals surface area contributed by atoms with Crippen LogP contribution in [0.15, 0.2) is 6.33 Å². The van der Waals surface area contributed by atoms with Crippen LogP contribution in [0.25, 0.3) is 0 Å². The highest BCUT2D eigenvalue weighted by Gasteiger charge is 2.31. The molecule has 1 N–H and O–H groups in total. The molecule has 0 bridgehead atoms. The van der Waals surface area contributed by atoms with Crippen LogP contribution >= 0.6 is 0 Å². The molecule has 4 nitrogen and oxygen atoms in total. The third kappa shape index (κ3) is 2.02. The largest absolute Gasteiger partial charge is 0.388 e. The van der Waals surface area contributed by atoms with Crippen LogP contribution in [0.1, 0.15) is 37.4 Å². The van der Waals surface area contributed by atoms with Gasteiger partial charge in [-0.05, 0) is 39.0 Å². The van der Waals surface area contributed by atoms with Crippen LogP contribution in [0.2, 0.25) is 0 Å². The molecule has 1 aliphatic heterocycles.